The molecule has 0 heterocycles. The summed E-state index contributed by atoms with van der Waals surface area (Å²) in [5.41, 5.74) is 4.19. The van der Waals surface area contributed by atoms with E-state index in [1.165, 1.54) is 11.1 Å². The SMILES string of the molecule is C/C=C\C(=C/CCC)c1cc(C(=O)OCC)ccc1CC. The average molecular weight is 286 g/mol. The molecule has 0 fully saturated rings. The number of unbranched alkanes of at least 4 members (excludes halogenated alkanes) is 1. The minimum atomic E-state index is -0.253. The lowest BCUT2D eigenvalue weighted by molar-refractivity contribution is 0.0526. The number of allylic oxidation sites excluding steroid dienone is 4. The van der Waals surface area contributed by atoms with Crippen LogP contribution < -0.4 is 0 Å². The molecule has 2 heteroatoms. The van der Waals surface area contributed by atoms with Crippen molar-refractivity contribution in [2.75, 3.05) is 6.61 Å². The van der Waals surface area contributed by atoms with Crippen molar-refractivity contribution in [3.05, 3.63) is 53.1 Å². The first kappa shape index (κ1) is 17.2. The zero-order valence-corrected chi connectivity index (χ0v) is 13.6. The van der Waals surface area contributed by atoms with E-state index in [1.807, 2.05) is 38.1 Å². The lowest BCUT2D eigenvalue weighted by atomic mass is 9.94. The predicted octanol–water partition coefficient (Wildman–Crippen LogP) is 5.19. The number of aryl methyl sites for hydroxylation is 1. The van der Waals surface area contributed by atoms with Gasteiger partial charge in [-0.05, 0) is 55.5 Å². The van der Waals surface area contributed by atoms with E-state index in [0.29, 0.717) is 12.2 Å². The first-order valence-electron chi connectivity index (χ1n) is 7.81. The minimum Gasteiger partial charge on any atom is -0.462 e. The fraction of sp³-hybridized carbons (Fsp3) is 0.421. The van der Waals surface area contributed by atoms with Gasteiger partial charge in [0.15, 0.2) is 0 Å². The smallest absolute Gasteiger partial charge is 0.338 e. The summed E-state index contributed by atoms with van der Waals surface area (Å²) in [6, 6.07) is 5.84. The number of rotatable bonds is 7. The van der Waals surface area contributed by atoms with Crippen molar-refractivity contribution in [2.45, 2.75) is 47.0 Å². The molecule has 0 unspecified atom stereocenters. The zero-order chi connectivity index (χ0) is 15.7. The summed E-state index contributed by atoms with van der Waals surface area (Å²) in [7, 11) is 0. The van der Waals surface area contributed by atoms with Crippen LogP contribution in [-0.2, 0) is 11.2 Å². The van der Waals surface area contributed by atoms with Gasteiger partial charge >= 0.3 is 5.97 Å². The summed E-state index contributed by atoms with van der Waals surface area (Å²) >= 11 is 0. The highest BCUT2D eigenvalue weighted by Crippen LogP contribution is 2.24. The number of carbonyl (C=O) groups is 1. The first-order valence-corrected chi connectivity index (χ1v) is 7.81. The van der Waals surface area contributed by atoms with Crippen LogP contribution in [-0.4, -0.2) is 12.6 Å². The molecule has 0 N–H and O–H groups in total. The summed E-state index contributed by atoms with van der Waals surface area (Å²) in [5, 5.41) is 0. The van der Waals surface area contributed by atoms with Gasteiger partial charge in [-0.25, -0.2) is 4.79 Å². The molecule has 0 aliphatic rings. The third kappa shape index (κ3) is 4.89. The van der Waals surface area contributed by atoms with Gasteiger partial charge in [0.1, 0.15) is 0 Å². The Morgan fingerprint density at radius 2 is 2.00 bits per heavy atom. The van der Waals surface area contributed by atoms with Gasteiger partial charge in [-0.2, -0.15) is 0 Å². The van der Waals surface area contributed by atoms with Crippen LogP contribution in [0, 0.1) is 0 Å². The quantitative estimate of drug-likeness (QED) is 0.509. The molecule has 1 aromatic rings. The molecule has 0 saturated heterocycles. The van der Waals surface area contributed by atoms with Crippen LogP contribution in [0.5, 0.6) is 0 Å². The van der Waals surface area contributed by atoms with Gasteiger partial charge < -0.3 is 4.74 Å². The summed E-state index contributed by atoms with van der Waals surface area (Å²) in [6.07, 6.45) is 9.48. The van der Waals surface area contributed by atoms with Gasteiger partial charge in [0.05, 0.1) is 12.2 Å². The van der Waals surface area contributed by atoms with E-state index in [2.05, 4.69) is 26.0 Å². The molecular weight excluding hydrogens is 260 g/mol. The molecule has 114 valence electrons. The average Bonchev–Trinajstić information content (AvgIpc) is 2.51. The largest absolute Gasteiger partial charge is 0.462 e. The molecule has 0 radical (unpaired) electrons. The van der Waals surface area contributed by atoms with Crippen molar-refractivity contribution in [1.29, 1.82) is 0 Å². The highest BCUT2D eigenvalue weighted by Gasteiger charge is 2.11. The Morgan fingerprint density at radius 1 is 1.24 bits per heavy atom. The second kappa shape index (κ2) is 9.17. The monoisotopic (exact) mass is 286 g/mol. The second-order valence-corrected chi connectivity index (χ2v) is 4.89. The molecule has 0 aliphatic carbocycles. The molecule has 0 atom stereocenters. The van der Waals surface area contributed by atoms with Gasteiger partial charge in [0.2, 0.25) is 0 Å². The zero-order valence-electron chi connectivity index (χ0n) is 13.6. The Kier molecular flexibility index (Phi) is 7.52. The van der Waals surface area contributed by atoms with Crippen LogP contribution in [0.4, 0.5) is 0 Å². The number of benzene rings is 1. The molecule has 1 rings (SSSR count). The van der Waals surface area contributed by atoms with Crippen molar-refractivity contribution in [3.8, 4) is 0 Å². The molecule has 0 bridgehead atoms. The number of hydrogen-bond acceptors (Lipinski definition) is 2. The minimum absolute atomic E-state index is 0.253. The maximum absolute atomic E-state index is 11.9. The van der Waals surface area contributed by atoms with Crippen LogP contribution in [0.2, 0.25) is 0 Å². The van der Waals surface area contributed by atoms with Gasteiger partial charge in [0.25, 0.3) is 0 Å². The Labute approximate surface area is 128 Å². The summed E-state index contributed by atoms with van der Waals surface area (Å²) in [5.74, 6) is -0.253. The van der Waals surface area contributed by atoms with Gasteiger partial charge in [0, 0.05) is 0 Å². The molecule has 0 aromatic heterocycles. The fourth-order valence-corrected chi connectivity index (χ4v) is 2.24. The molecule has 0 spiro atoms. The normalized spacial score (nSPS) is 11.9. The third-order valence-corrected chi connectivity index (χ3v) is 3.31. The van der Waals surface area contributed by atoms with Crippen LogP contribution in [0.25, 0.3) is 5.57 Å². The van der Waals surface area contributed by atoms with Crippen molar-refractivity contribution in [1.82, 2.24) is 0 Å². The number of hydrogen-bond donors (Lipinski definition) is 0. The third-order valence-electron chi connectivity index (χ3n) is 3.31. The van der Waals surface area contributed by atoms with Crippen LogP contribution >= 0.6 is 0 Å². The van der Waals surface area contributed by atoms with E-state index >= 15 is 0 Å². The van der Waals surface area contributed by atoms with Gasteiger partial charge in [-0.15, -0.1) is 0 Å². The van der Waals surface area contributed by atoms with E-state index in [1.54, 1.807) is 0 Å². The lowest BCUT2D eigenvalue weighted by Gasteiger charge is -2.12. The lowest BCUT2D eigenvalue weighted by Crippen LogP contribution is -2.06. The van der Waals surface area contributed by atoms with Gasteiger partial charge in [-0.1, -0.05) is 44.6 Å². The van der Waals surface area contributed by atoms with Crippen LogP contribution in [0.15, 0.2) is 36.4 Å². The predicted molar refractivity (Wildman–Crippen MR) is 89.5 cm³/mol. The fourth-order valence-electron chi connectivity index (χ4n) is 2.24. The Morgan fingerprint density at radius 3 is 2.57 bits per heavy atom. The van der Waals surface area contributed by atoms with Crippen molar-refractivity contribution < 1.29 is 9.53 Å². The molecule has 2 nitrogen and oxygen atoms in total. The maximum Gasteiger partial charge on any atom is 0.338 e. The molecule has 0 saturated carbocycles. The molecule has 1 aromatic carbocycles. The highest BCUT2D eigenvalue weighted by atomic mass is 16.5. The van der Waals surface area contributed by atoms with Crippen molar-refractivity contribution in [2.24, 2.45) is 0 Å². The second-order valence-electron chi connectivity index (χ2n) is 4.89. The van der Waals surface area contributed by atoms with E-state index in [4.69, 9.17) is 4.74 Å². The Hall–Kier alpha value is -1.83. The number of esters is 1. The molecule has 0 aliphatic heterocycles. The summed E-state index contributed by atoms with van der Waals surface area (Å²) in [4.78, 5) is 11.9. The summed E-state index contributed by atoms with van der Waals surface area (Å²) in [6.45, 7) is 8.54. The first-order chi connectivity index (χ1) is 10.2. The number of carbonyl (C=O) groups excluding carboxylic acids is 1. The van der Waals surface area contributed by atoms with Crippen LogP contribution in [0.3, 0.4) is 0 Å². The molecule has 0 amide bonds. The maximum atomic E-state index is 11.9. The standard InChI is InChI=1S/C19H26O2/c1-5-9-11-16(10-6-2)18-14-17(19(20)21-8-4)13-12-15(18)7-3/h6,10-14H,5,7-9H2,1-4H3/b10-6-,16-11+. The highest BCUT2D eigenvalue weighted by molar-refractivity contribution is 5.91. The number of ether oxygens (including phenoxy) is 1. The van der Waals surface area contributed by atoms with Gasteiger partial charge in [-0.3, -0.25) is 0 Å². The van der Waals surface area contributed by atoms with Crippen LogP contribution in [0.1, 0.15) is 62.0 Å². The summed E-state index contributed by atoms with van der Waals surface area (Å²) < 4.78 is 5.10. The Bertz CT molecular complexity index is 524. The molecular formula is C19H26O2. The van der Waals surface area contributed by atoms with E-state index in [-0.39, 0.29) is 5.97 Å². The topological polar surface area (TPSA) is 26.3 Å². The Balaban J connectivity index is 3.28. The van der Waals surface area contributed by atoms with Crippen molar-refractivity contribution in [3.63, 3.8) is 0 Å². The van der Waals surface area contributed by atoms with E-state index < -0.39 is 0 Å². The van der Waals surface area contributed by atoms with E-state index in [0.717, 1.165) is 24.8 Å². The molecule has 21 heavy (non-hydrogen) atoms. The van der Waals surface area contributed by atoms with E-state index in [9.17, 15) is 4.79 Å². The van der Waals surface area contributed by atoms with Crippen molar-refractivity contribution >= 4 is 11.5 Å².